The minimum Gasteiger partial charge on any atom is -0.184 e. The van der Waals surface area contributed by atoms with Crippen LogP contribution in [0, 0.1) is 6.92 Å². The summed E-state index contributed by atoms with van der Waals surface area (Å²) in [4.78, 5) is 0.704. The Kier molecular flexibility index (Phi) is 1.89. The summed E-state index contributed by atoms with van der Waals surface area (Å²) in [6.07, 6.45) is 0. The molecular weight excluding hydrogens is 165 g/mol. The van der Waals surface area contributed by atoms with Gasteiger partial charge in [0.2, 0.25) is 0 Å². The summed E-state index contributed by atoms with van der Waals surface area (Å²) in [7, 11) is 0. The van der Waals surface area contributed by atoms with Crippen molar-refractivity contribution in [2.75, 3.05) is 0 Å². The van der Waals surface area contributed by atoms with Crippen molar-refractivity contribution in [1.82, 2.24) is 4.79 Å². The van der Waals surface area contributed by atoms with E-state index < -0.39 is 0 Å². The minimum absolute atomic E-state index is 0.609. The number of rotatable bonds is 1. The quantitative estimate of drug-likeness (QED) is 0.627. The highest BCUT2D eigenvalue weighted by atomic mass is 19.2. The third-order valence-corrected chi connectivity index (χ3v) is 2.07. The van der Waals surface area contributed by atoms with Crippen LogP contribution in [0.1, 0.15) is 5.69 Å². The highest BCUT2D eigenvalue weighted by molar-refractivity contribution is 5.60. The Balaban J connectivity index is 2.53. The van der Waals surface area contributed by atoms with Crippen LogP contribution in [0.2, 0.25) is 0 Å². The molecule has 0 unspecified atom stereocenters. The lowest BCUT2D eigenvalue weighted by Gasteiger charge is -2.00. The van der Waals surface area contributed by atoms with Crippen molar-refractivity contribution in [3.05, 3.63) is 48.2 Å². The van der Waals surface area contributed by atoms with Crippen molar-refractivity contribution >= 4 is 0 Å². The maximum atomic E-state index is 13.4. The van der Waals surface area contributed by atoms with Crippen LogP contribution in [-0.2, 0) is 0 Å². The predicted octanol–water partition coefficient (Wildman–Crippen LogP) is 3.20. The molecule has 0 amide bonds. The summed E-state index contributed by atoms with van der Waals surface area (Å²) in [5.74, 6) is 0. The Bertz CT molecular complexity index is 403. The van der Waals surface area contributed by atoms with E-state index in [2.05, 4.69) is 0 Å². The van der Waals surface area contributed by atoms with Gasteiger partial charge in [-0.15, -0.1) is 0 Å². The van der Waals surface area contributed by atoms with E-state index in [4.69, 9.17) is 0 Å². The first kappa shape index (κ1) is 8.05. The fourth-order valence-corrected chi connectivity index (χ4v) is 1.34. The zero-order valence-corrected chi connectivity index (χ0v) is 7.37. The topological polar surface area (TPSA) is 4.93 Å². The maximum Gasteiger partial charge on any atom is 0.0815 e. The first-order chi connectivity index (χ1) is 6.29. The van der Waals surface area contributed by atoms with Gasteiger partial charge in [0, 0.05) is 11.3 Å². The average molecular weight is 175 g/mol. The van der Waals surface area contributed by atoms with Gasteiger partial charge in [-0.1, -0.05) is 34.8 Å². The Morgan fingerprint density at radius 1 is 1.00 bits per heavy atom. The maximum absolute atomic E-state index is 13.4. The van der Waals surface area contributed by atoms with Gasteiger partial charge < -0.3 is 0 Å². The molecule has 2 heteroatoms. The molecule has 1 aromatic heterocycles. The Hall–Kier alpha value is -1.57. The van der Waals surface area contributed by atoms with Gasteiger partial charge in [-0.2, -0.15) is 4.79 Å². The molecule has 0 saturated heterocycles. The highest BCUT2D eigenvalue weighted by Crippen LogP contribution is 2.21. The second-order valence-electron chi connectivity index (χ2n) is 3.01. The summed E-state index contributed by atoms with van der Waals surface area (Å²) >= 11 is 0. The molecule has 0 aliphatic heterocycles. The molecule has 0 bridgehead atoms. The van der Waals surface area contributed by atoms with E-state index >= 15 is 0 Å². The van der Waals surface area contributed by atoms with Crippen molar-refractivity contribution in [2.24, 2.45) is 0 Å². The molecule has 0 aliphatic rings. The van der Waals surface area contributed by atoms with Crippen LogP contribution >= 0.6 is 0 Å². The van der Waals surface area contributed by atoms with E-state index in [0.29, 0.717) is 16.2 Å². The predicted molar refractivity (Wildman–Crippen MR) is 51.1 cm³/mol. The highest BCUT2D eigenvalue weighted by Gasteiger charge is 2.05. The van der Waals surface area contributed by atoms with E-state index in [1.165, 1.54) is 0 Å². The van der Waals surface area contributed by atoms with Crippen molar-refractivity contribution in [2.45, 2.75) is 6.92 Å². The van der Waals surface area contributed by atoms with Crippen molar-refractivity contribution < 1.29 is 4.48 Å². The smallest absolute Gasteiger partial charge is 0.0815 e. The largest absolute Gasteiger partial charge is 0.184 e. The molecule has 2 aromatic rings. The first-order valence-electron chi connectivity index (χ1n) is 4.19. The van der Waals surface area contributed by atoms with Crippen LogP contribution in [0.5, 0.6) is 0 Å². The number of hydrogen-bond donors (Lipinski definition) is 0. The monoisotopic (exact) mass is 175 g/mol. The van der Waals surface area contributed by atoms with E-state index in [0.717, 1.165) is 5.56 Å². The van der Waals surface area contributed by atoms with Gasteiger partial charge >= 0.3 is 0 Å². The van der Waals surface area contributed by atoms with Crippen LogP contribution < -0.4 is 0 Å². The summed E-state index contributed by atoms with van der Waals surface area (Å²) in [5, 5.41) is 0. The molecule has 0 saturated carbocycles. The zero-order chi connectivity index (χ0) is 9.26. The van der Waals surface area contributed by atoms with E-state index in [-0.39, 0.29) is 0 Å². The number of aromatic nitrogens is 1. The fourth-order valence-electron chi connectivity index (χ4n) is 1.34. The molecule has 66 valence electrons. The molecule has 1 aromatic carbocycles. The number of hydrogen-bond acceptors (Lipinski definition) is 0. The Morgan fingerprint density at radius 2 is 1.69 bits per heavy atom. The molecule has 13 heavy (non-hydrogen) atoms. The van der Waals surface area contributed by atoms with Gasteiger partial charge in [0.05, 0.1) is 5.69 Å². The van der Waals surface area contributed by atoms with E-state index in [9.17, 15) is 4.48 Å². The Morgan fingerprint density at radius 3 is 2.23 bits per heavy atom. The zero-order valence-electron chi connectivity index (χ0n) is 7.37. The molecule has 0 spiro atoms. The second kappa shape index (κ2) is 3.05. The lowest BCUT2D eigenvalue weighted by atomic mass is 10.2. The van der Waals surface area contributed by atoms with Crippen LogP contribution in [-0.4, -0.2) is 4.79 Å². The number of aryl methyl sites for hydroxylation is 1. The summed E-state index contributed by atoms with van der Waals surface area (Å²) in [6.45, 7) is 1.74. The normalized spacial score (nSPS) is 10.3. The van der Waals surface area contributed by atoms with Crippen LogP contribution in [0.3, 0.4) is 0 Å². The summed E-state index contributed by atoms with van der Waals surface area (Å²) in [5.41, 5.74) is 2.13. The number of halogens is 1. The first-order valence-corrected chi connectivity index (χ1v) is 4.19. The van der Waals surface area contributed by atoms with E-state index in [1.54, 1.807) is 19.1 Å². The molecule has 0 aliphatic carbocycles. The summed E-state index contributed by atoms with van der Waals surface area (Å²) in [6, 6.07) is 13.1. The van der Waals surface area contributed by atoms with Crippen molar-refractivity contribution in [1.29, 1.82) is 0 Å². The minimum atomic E-state index is 0.609. The molecule has 0 radical (unpaired) electrons. The third kappa shape index (κ3) is 1.35. The standard InChI is InChI=1S/C11H10FN/c1-9-7-8-11(13(9)12)10-5-3-2-4-6-10/h2-8H,1H3. The molecule has 0 fully saturated rings. The molecular formula is C11H10FN. The van der Waals surface area contributed by atoms with Gasteiger partial charge in [-0.05, 0) is 19.1 Å². The molecule has 0 N–H and O–H groups in total. The van der Waals surface area contributed by atoms with Gasteiger partial charge in [0.15, 0.2) is 0 Å². The Labute approximate surface area is 76.4 Å². The number of nitrogens with zero attached hydrogens (tertiary/aromatic N) is 1. The van der Waals surface area contributed by atoms with Crippen molar-refractivity contribution in [3.8, 4) is 11.3 Å². The lowest BCUT2D eigenvalue weighted by Crippen LogP contribution is -1.87. The third-order valence-electron chi connectivity index (χ3n) is 2.07. The molecule has 2 rings (SSSR count). The lowest BCUT2D eigenvalue weighted by molar-refractivity contribution is 0.367. The summed E-state index contributed by atoms with van der Waals surface area (Å²) < 4.78 is 13.4. The van der Waals surface area contributed by atoms with Gasteiger partial charge in [-0.3, -0.25) is 0 Å². The van der Waals surface area contributed by atoms with E-state index in [1.807, 2.05) is 30.3 Å². The van der Waals surface area contributed by atoms with Crippen LogP contribution in [0.15, 0.2) is 42.5 Å². The SMILES string of the molecule is Cc1ccc(-c2ccccc2)n1F. The molecule has 1 nitrogen and oxygen atoms in total. The number of benzene rings is 1. The van der Waals surface area contributed by atoms with Crippen LogP contribution in [0.4, 0.5) is 4.48 Å². The second-order valence-corrected chi connectivity index (χ2v) is 3.01. The van der Waals surface area contributed by atoms with Gasteiger partial charge in [-0.25, -0.2) is 0 Å². The van der Waals surface area contributed by atoms with Crippen LogP contribution in [0.25, 0.3) is 11.3 Å². The van der Waals surface area contributed by atoms with Gasteiger partial charge in [0.1, 0.15) is 0 Å². The molecule has 0 atom stereocenters. The van der Waals surface area contributed by atoms with Gasteiger partial charge in [0.25, 0.3) is 0 Å². The van der Waals surface area contributed by atoms with Crippen molar-refractivity contribution in [3.63, 3.8) is 0 Å². The fraction of sp³-hybridized carbons (Fsp3) is 0.0909. The molecule has 1 heterocycles. The average Bonchev–Trinajstić information content (AvgIpc) is 2.49.